The van der Waals surface area contributed by atoms with Crippen LogP contribution in [0.5, 0.6) is 0 Å². The Bertz CT molecular complexity index is 1010. The average molecular weight is 371 g/mol. The predicted octanol–water partition coefficient (Wildman–Crippen LogP) is 5.34. The highest BCUT2D eigenvalue weighted by Gasteiger charge is 2.11. The fourth-order valence-electron chi connectivity index (χ4n) is 2.81. The molecule has 0 saturated heterocycles. The quantitative estimate of drug-likeness (QED) is 0.630. The van der Waals surface area contributed by atoms with Gasteiger partial charge in [-0.25, -0.2) is 9.18 Å². The van der Waals surface area contributed by atoms with E-state index in [0.29, 0.717) is 5.69 Å². The van der Waals surface area contributed by atoms with E-state index in [2.05, 4.69) is 4.99 Å². The van der Waals surface area contributed by atoms with Gasteiger partial charge in [-0.3, -0.25) is 4.99 Å². The molecule has 0 spiro atoms. The lowest BCUT2D eigenvalue weighted by Gasteiger charge is -2.09. The highest BCUT2D eigenvalue weighted by Crippen LogP contribution is 2.24. The summed E-state index contributed by atoms with van der Waals surface area (Å²) in [7, 11) is 0. The number of aryl methyl sites for hydroxylation is 1. The number of hydrogen-bond acceptors (Lipinski definition) is 2. The molecule has 0 bridgehead atoms. The molecule has 0 aliphatic rings. The molecule has 6 heteroatoms. The highest BCUT2D eigenvalue weighted by atomic mass is 35.5. The van der Waals surface area contributed by atoms with Gasteiger partial charge in [-0.05, 0) is 62.4 Å². The number of carboxylic acid groups (broad SMARTS) is 1. The van der Waals surface area contributed by atoms with Gasteiger partial charge in [-0.1, -0.05) is 11.6 Å². The van der Waals surface area contributed by atoms with Crippen molar-refractivity contribution in [3.05, 3.63) is 81.9 Å². The molecular weight excluding hydrogens is 355 g/mol. The van der Waals surface area contributed by atoms with Crippen molar-refractivity contribution in [1.82, 2.24) is 4.57 Å². The average Bonchev–Trinajstić information content (AvgIpc) is 2.87. The third kappa shape index (κ3) is 3.53. The predicted molar refractivity (Wildman–Crippen MR) is 101 cm³/mol. The Balaban J connectivity index is 1.92. The van der Waals surface area contributed by atoms with Crippen molar-refractivity contribution in [3.8, 4) is 5.69 Å². The van der Waals surface area contributed by atoms with Crippen LogP contribution in [0.4, 0.5) is 10.1 Å². The van der Waals surface area contributed by atoms with E-state index in [4.69, 9.17) is 16.7 Å². The van der Waals surface area contributed by atoms with Crippen LogP contribution in [-0.2, 0) is 0 Å². The third-order valence-corrected chi connectivity index (χ3v) is 4.40. The smallest absolute Gasteiger partial charge is 0.337 e. The molecule has 1 N–H and O–H groups in total. The van der Waals surface area contributed by atoms with Gasteiger partial charge in [-0.15, -0.1) is 0 Å². The maximum absolute atomic E-state index is 13.2. The van der Waals surface area contributed by atoms with E-state index in [9.17, 15) is 9.18 Å². The first-order valence-corrected chi connectivity index (χ1v) is 8.26. The van der Waals surface area contributed by atoms with Gasteiger partial charge in [0.2, 0.25) is 0 Å². The van der Waals surface area contributed by atoms with Crippen LogP contribution in [0.3, 0.4) is 0 Å². The summed E-state index contributed by atoms with van der Waals surface area (Å²) in [6, 6.07) is 12.8. The van der Waals surface area contributed by atoms with Gasteiger partial charge in [0.25, 0.3) is 0 Å². The second-order valence-electron chi connectivity index (χ2n) is 5.87. The second-order valence-corrected chi connectivity index (χ2v) is 6.27. The lowest BCUT2D eigenvalue weighted by atomic mass is 10.2. The van der Waals surface area contributed by atoms with Gasteiger partial charge in [0.15, 0.2) is 0 Å². The van der Waals surface area contributed by atoms with Gasteiger partial charge >= 0.3 is 5.97 Å². The maximum Gasteiger partial charge on any atom is 0.337 e. The third-order valence-electron chi connectivity index (χ3n) is 4.09. The fraction of sp³-hybridized carbons (Fsp3) is 0.100. The van der Waals surface area contributed by atoms with Crippen molar-refractivity contribution >= 4 is 29.5 Å². The number of halogens is 2. The van der Waals surface area contributed by atoms with Crippen molar-refractivity contribution in [2.45, 2.75) is 13.8 Å². The Morgan fingerprint density at radius 2 is 1.85 bits per heavy atom. The number of nitrogens with zero attached hydrogens (tertiary/aromatic N) is 2. The normalized spacial score (nSPS) is 11.2. The Labute approximate surface area is 155 Å². The molecule has 0 fully saturated rings. The van der Waals surface area contributed by atoms with Crippen molar-refractivity contribution in [1.29, 1.82) is 0 Å². The van der Waals surface area contributed by atoms with Crippen molar-refractivity contribution in [2.75, 3.05) is 0 Å². The maximum atomic E-state index is 13.2. The van der Waals surface area contributed by atoms with Crippen LogP contribution in [0.2, 0.25) is 5.02 Å². The molecule has 0 atom stereocenters. The number of aromatic carboxylic acids is 1. The molecule has 2 aromatic carbocycles. The molecule has 0 saturated carbocycles. The number of aliphatic imine (C=N–C) groups is 1. The SMILES string of the molecule is Cc1cc(C=Nc2ccc(C(=O)O)c(Cl)c2)c(C)n1-c1ccc(F)cc1. The largest absolute Gasteiger partial charge is 0.478 e. The first kappa shape index (κ1) is 17.9. The van der Waals surface area contributed by atoms with Crippen LogP contribution < -0.4 is 0 Å². The molecular formula is C20H16ClFN2O2. The van der Waals surface area contributed by atoms with Gasteiger partial charge in [-0.2, -0.15) is 0 Å². The summed E-state index contributed by atoms with van der Waals surface area (Å²) in [5.74, 6) is -1.35. The summed E-state index contributed by atoms with van der Waals surface area (Å²) in [4.78, 5) is 15.4. The van der Waals surface area contributed by atoms with Gasteiger partial charge < -0.3 is 9.67 Å². The zero-order chi connectivity index (χ0) is 18.8. The first-order valence-electron chi connectivity index (χ1n) is 7.88. The summed E-state index contributed by atoms with van der Waals surface area (Å²) in [5.41, 5.74) is 4.34. The molecule has 0 unspecified atom stereocenters. The fourth-order valence-corrected chi connectivity index (χ4v) is 3.06. The first-order chi connectivity index (χ1) is 12.4. The van der Waals surface area contributed by atoms with E-state index in [1.54, 1.807) is 24.4 Å². The Kier molecular flexibility index (Phi) is 4.91. The summed E-state index contributed by atoms with van der Waals surface area (Å²) in [6.07, 6.45) is 1.70. The molecule has 3 aromatic rings. The van der Waals surface area contributed by atoms with E-state index in [-0.39, 0.29) is 16.4 Å². The number of carboxylic acids is 1. The molecule has 3 rings (SSSR count). The van der Waals surface area contributed by atoms with Gasteiger partial charge in [0.05, 0.1) is 16.3 Å². The van der Waals surface area contributed by atoms with E-state index in [0.717, 1.165) is 22.6 Å². The summed E-state index contributed by atoms with van der Waals surface area (Å²) in [6.45, 7) is 3.92. The molecule has 0 aliphatic heterocycles. The van der Waals surface area contributed by atoms with Crippen LogP contribution in [0.25, 0.3) is 5.69 Å². The lowest BCUT2D eigenvalue weighted by Crippen LogP contribution is -1.99. The second kappa shape index (κ2) is 7.14. The standard InChI is InChI=1S/C20H16ClFN2O2/c1-12-9-14(13(2)24(12)17-6-3-15(22)4-7-17)11-23-16-5-8-18(20(25)26)19(21)10-16/h3-11H,1-2H3,(H,25,26). The van der Waals surface area contributed by atoms with E-state index >= 15 is 0 Å². The molecule has 26 heavy (non-hydrogen) atoms. The van der Waals surface area contributed by atoms with Crippen LogP contribution in [0.1, 0.15) is 27.3 Å². The number of carbonyl (C=O) groups is 1. The molecule has 132 valence electrons. The summed E-state index contributed by atoms with van der Waals surface area (Å²) < 4.78 is 15.2. The monoisotopic (exact) mass is 370 g/mol. The van der Waals surface area contributed by atoms with Crippen molar-refractivity contribution in [2.24, 2.45) is 4.99 Å². The van der Waals surface area contributed by atoms with Crippen molar-refractivity contribution in [3.63, 3.8) is 0 Å². The van der Waals surface area contributed by atoms with Crippen molar-refractivity contribution < 1.29 is 14.3 Å². The molecule has 4 nitrogen and oxygen atoms in total. The topological polar surface area (TPSA) is 54.6 Å². The van der Waals surface area contributed by atoms with Crippen LogP contribution in [0, 0.1) is 19.7 Å². The number of benzene rings is 2. The summed E-state index contributed by atoms with van der Waals surface area (Å²) in [5, 5.41) is 9.15. The lowest BCUT2D eigenvalue weighted by molar-refractivity contribution is 0.0697. The minimum atomic E-state index is -1.08. The highest BCUT2D eigenvalue weighted by molar-refractivity contribution is 6.33. The minimum absolute atomic E-state index is 0.0418. The van der Waals surface area contributed by atoms with Crippen LogP contribution >= 0.6 is 11.6 Å². The van der Waals surface area contributed by atoms with Crippen LogP contribution in [-0.4, -0.2) is 21.9 Å². The number of aromatic nitrogens is 1. The zero-order valence-electron chi connectivity index (χ0n) is 14.2. The van der Waals surface area contributed by atoms with E-state index in [1.165, 1.54) is 24.3 Å². The molecule has 0 radical (unpaired) electrons. The number of hydrogen-bond donors (Lipinski definition) is 1. The zero-order valence-corrected chi connectivity index (χ0v) is 15.0. The molecule has 1 heterocycles. The van der Waals surface area contributed by atoms with E-state index < -0.39 is 5.97 Å². The Morgan fingerprint density at radius 3 is 2.46 bits per heavy atom. The van der Waals surface area contributed by atoms with E-state index in [1.807, 2.05) is 24.5 Å². The Hall–Kier alpha value is -2.92. The van der Waals surface area contributed by atoms with Gasteiger partial charge in [0, 0.05) is 28.9 Å². The molecule has 1 aromatic heterocycles. The number of rotatable bonds is 4. The van der Waals surface area contributed by atoms with Gasteiger partial charge in [0.1, 0.15) is 5.82 Å². The summed E-state index contributed by atoms with van der Waals surface area (Å²) >= 11 is 5.97. The molecule has 0 aliphatic carbocycles. The van der Waals surface area contributed by atoms with Crippen LogP contribution in [0.15, 0.2) is 53.5 Å². The Morgan fingerprint density at radius 1 is 1.15 bits per heavy atom. The molecule has 0 amide bonds. The minimum Gasteiger partial charge on any atom is -0.478 e.